The van der Waals surface area contributed by atoms with Crippen LogP contribution in [0.1, 0.15) is 0 Å². The Hall–Kier alpha value is -8.81. The molecule has 3 aromatic heterocycles. The monoisotopic (exact) mass is 822 g/mol. The molecule has 9 aromatic carbocycles. The summed E-state index contributed by atoms with van der Waals surface area (Å²) >= 11 is 0. The highest BCUT2D eigenvalue weighted by molar-refractivity contribution is 6.16. The Bertz CT molecular complexity index is 3710. The van der Waals surface area contributed by atoms with Crippen molar-refractivity contribution in [2.24, 2.45) is 0 Å². The molecule has 4 heterocycles. The molecule has 0 bridgehead atoms. The first-order valence-electron chi connectivity index (χ1n) is 21.3. The number of para-hydroxylation sites is 3. The maximum atomic E-state index is 6.96. The summed E-state index contributed by atoms with van der Waals surface area (Å²) < 4.78 is 20.4. The smallest absolute Gasteiger partial charge is 0.164 e. The Balaban J connectivity index is 1.01. The van der Waals surface area contributed by atoms with E-state index in [1.807, 2.05) is 97.1 Å². The molecule has 0 unspecified atom stereocenters. The van der Waals surface area contributed by atoms with Gasteiger partial charge in [0, 0.05) is 43.8 Å². The normalized spacial score (nSPS) is 12.2. The van der Waals surface area contributed by atoms with Crippen LogP contribution < -0.4 is 9.64 Å². The summed E-state index contributed by atoms with van der Waals surface area (Å²) in [5.74, 6) is 3.21. The quantitative estimate of drug-likeness (QED) is 0.165. The number of anilines is 3. The molecule has 0 atom stereocenters. The van der Waals surface area contributed by atoms with Gasteiger partial charge in [-0.25, -0.2) is 15.0 Å². The first-order chi connectivity index (χ1) is 31.7. The van der Waals surface area contributed by atoms with Crippen molar-refractivity contribution in [2.45, 2.75) is 0 Å². The summed E-state index contributed by atoms with van der Waals surface area (Å²) in [6, 6.07) is 70.2. The average Bonchev–Trinajstić information content (AvgIpc) is 3.95. The standard InChI is InChI=1S/C57H34N4O3/c1-4-15-35(16-5-1)38-29-31-45-50(33-38)62-51-34-39(40-22-12-23-42-41-21-10-11-27-48(41)63-53(40)42)30-32-46(51)61(45)47-26-13-24-43-52-44(25-14-28-49(52)64-54(43)47)57-59-55(36-17-6-2-7-18-36)58-56(60-57)37-19-8-3-9-20-37/h1-34H. The molecule has 64 heavy (non-hydrogen) atoms. The first kappa shape index (κ1) is 35.9. The van der Waals surface area contributed by atoms with E-state index in [-0.39, 0.29) is 0 Å². The zero-order valence-electron chi connectivity index (χ0n) is 34.1. The Morgan fingerprint density at radius 2 is 0.859 bits per heavy atom. The minimum atomic E-state index is 0.564. The molecule has 0 saturated heterocycles. The van der Waals surface area contributed by atoms with Crippen molar-refractivity contribution in [3.8, 4) is 67.9 Å². The van der Waals surface area contributed by atoms with Gasteiger partial charge in [-0.05, 0) is 59.2 Å². The molecule has 0 N–H and O–H groups in total. The zero-order valence-corrected chi connectivity index (χ0v) is 34.1. The van der Waals surface area contributed by atoms with Crippen molar-refractivity contribution >= 4 is 60.9 Å². The van der Waals surface area contributed by atoms with Gasteiger partial charge in [0.15, 0.2) is 34.6 Å². The molecule has 0 aliphatic carbocycles. The number of aromatic nitrogens is 3. The van der Waals surface area contributed by atoms with Gasteiger partial charge in [0.05, 0.1) is 17.1 Å². The van der Waals surface area contributed by atoms with Crippen LogP contribution in [0.15, 0.2) is 215 Å². The van der Waals surface area contributed by atoms with Crippen LogP contribution in [-0.4, -0.2) is 15.0 Å². The highest BCUT2D eigenvalue weighted by Crippen LogP contribution is 2.54. The lowest BCUT2D eigenvalue weighted by Gasteiger charge is -2.33. The van der Waals surface area contributed by atoms with Gasteiger partial charge in [-0.3, -0.25) is 4.90 Å². The summed E-state index contributed by atoms with van der Waals surface area (Å²) in [7, 11) is 0. The maximum absolute atomic E-state index is 6.96. The SMILES string of the molecule is c1ccc(-c2ccc3c(c2)Oc2cc(-c4cccc5c4oc4ccccc45)ccc2N3c2cccc3c2oc2cccc(-c4nc(-c5ccccc5)nc(-c5ccccc5)n4)c23)cc1. The van der Waals surface area contributed by atoms with Crippen molar-refractivity contribution in [1.82, 2.24) is 15.0 Å². The maximum Gasteiger partial charge on any atom is 0.164 e. The zero-order chi connectivity index (χ0) is 42.1. The minimum absolute atomic E-state index is 0.564. The van der Waals surface area contributed by atoms with Crippen LogP contribution in [0.3, 0.4) is 0 Å². The number of hydrogen-bond donors (Lipinski definition) is 0. The Morgan fingerprint density at radius 3 is 1.59 bits per heavy atom. The van der Waals surface area contributed by atoms with E-state index >= 15 is 0 Å². The predicted octanol–water partition coefficient (Wildman–Crippen LogP) is 15.6. The average molecular weight is 823 g/mol. The van der Waals surface area contributed by atoms with Crippen LogP contribution in [0.25, 0.3) is 100 Å². The highest BCUT2D eigenvalue weighted by atomic mass is 16.5. The fourth-order valence-electron chi connectivity index (χ4n) is 9.15. The molecule has 7 nitrogen and oxygen atoms in total. The molecule has 1 aliphatic heterocycles. The molecule has 13 rings (SSSR count). The van der Waals surface area contributed by atoms with Crippen molar-refractivity contribution < 1.29 is 13.6 Å². The second-order valence-electron chi connectivity index (χ2n) is 15.9. The van der Waals surface area contributed by atoms with Gasteiger partial charge in [0.1, 0.15) is 16.7 Å². The number of hydrogen-bond acceptors (Lipinski definition) is 7. The van der Waals surface area contributed by atoms with Gasteiger partial charge in [-0.2, -0.15) is 0 Å². The number of nitrogens with zero attached hydrogens (tertiary/aromatic N) is 4. The van der Waals surface area contributed by atoms with Crippen molar-refractivity contribution in [1.29, 1.82) is 0 Å². The fraction of sp³-hybridized carbons (Fsp3) is 0. The third kappa shape index (κ3) is 5.79. The molecule has 0 spiro atoms. The summed E-state index contributed by atoms with van der Waals surface area (Å²) in [6.45, 7) is 0. The van der Waals surface area contributed by atoms with Crippen LogP contribution in [-0.2, 0) is 0 Å². The molecule has 1 aliphatic rings. The Labute approximate surface area is 367 Å². The summed E-state index contributed by atoms with van der Waals surface area (Å²) in [5.41, 5.74) is 12.6. The highest BCUT2D eigenvalue weighted by Gasteiger charge is 2.30. The molecule has 7 heteroatoms. The van der Waals surface area contributed by atoms with Crippen LogP contribution in [0.2, 0.25) is 0 Å². The number of ether oxygens (including phenoxy) is 1. The van der Waals surface area contributed by atoms with Crippen molar-refractivity contribution in [3.63, 3.8) is 0 Å². The first-order valence-corrected chi connectivity index (χ1v) is 21.3. The second kappa shape index (κ2) is 14.4. The van der Waals surface area contributed by atoms with E-state index in [0.29, 0.717) is 23.2 Å². The molecule has 0 radical (unpaired) electrons. The minimum Gasteiger partial charge on any atom is -0.455 e. The van der Waals surface area contributed by atoms with Gasteiger partial charge in [0.25, 0.3) is 0 Å². The van der Waals surface area contributed by atoms with E-state index in [9.17, 15) is 0 Å². The van der Waals surface area contributed by atoms with Crippen LogP contribution in [0.5, 0.6) is 11.5 Å². The summed E-state index contributed by atoms with van der Waals surface area (Å²) in [6.07, 6.45) is 0. The van der Waals surface area contributed by atoms with E-state index < -0.39 is 0 Å². The fourth-order valence-corrected chi connectivity index (χ4v) is 9.15. The van der Waals surface area contributed by atoms with Gasteiger partial charge >= 0.3 is 0 Å². The van der Waals surface area contributed by atoms with Crippen LogP contribution in [0, 0.1) is 0 Å². The second-order valence-corrected chi connectivity index (χ2v) is 15.9. The van der Waals surface area contributed by atoms with Crippen LogP contribution in [0.4, 0.5) is 17.1 Å². The number of fused-ring (bicyclic) bond motifs is 8. The molecule has 0 fully saturated rings. The summed E-state index contributed by atoms with van der Waals surface area (Å²) in [5, 5.41) is 4.03. The van der Waals surface area contributed by atoms with E-state index in [1.165, 1.54) is 0 Å². The molecule has 12 aromatic rings. The molecule has 0 amide bonds. The van der Waals surface area contributed by atoms with Gasteiger partial charge in [-0.1, -0.05) is 164 Å². The largest absolute Gasteiger partial charge is 0.455 e. The van der Waals surface area contributed by atoms with Crippen molar-refractivity contribution in [3.05, 3.63) is 206 Å². The predicted molar refractivity (Wildman–Crippen MR) is 256 cm³/mol. The number of benzene rings is 9. The van der Waals surface area contributed by atoms with Gasteiger partial charge < -0.3 is 13.6 Å². The lowest BCUT2D eigenvalue weighted by Crippen LogP contribution is -2.16. The lowest BCUT2D eigenvalue weighted by molar-refractivity contribution is 0.477. The van der Waals surface area contributed by atoms with E-state index in [4.69, 9.17) is 28.5 Å². The number of rotatable bonds is 6. The molecular formula is C57H34N4O3. The third-order valence-electron chi connectivity index (χ3n) is 12.1. The van der Waals surface area contributed by atoms with E-state index in [2.05, 4.69) is 114 Å². The van der Waals surface area contributed by atoms with Gasteiger partial charge in [0.2, 0.25) is 0 Å². The molecule has 300 valence electrons. The number of furan rings is 2. The molecular weight excluding hydrogens is 789 g/mol. The molecule has 0 saturated carbocycles. The summed E-state index contributed by atoms with van der Waals surface area (Å²) in [4.78, 5) is 17.4. The van der Waals surface area contributed by atoms with Crippen molar-refractivity contribution in [2.75, 3.05) is 4.90 Å². The Kier molecular flexibility index (Phi) is 8.08. The Morgan fingerprint density at radius 1 is 0.328 bits per heavy atom. The lowest BCUT2D eigenvalue weighted by atomic mass is 9.99. The van der Waals surface area contributed by atoms with Gasteiger partial charge in [-0.15, -0.1) is 0 Å². The van der Waals surface area contributed by atoms with E-state index in [1.54, 1.807) is 0 Å². The third-order valence-corrected chi connectivity index (χ3v) is 12.1. The van der Waals surface area contributed by atoms with E-state index in [0.717, 1.165) is 106 Å². The van der Waals surface area contributed by atoms with Crippen LogP contribution >= 0.6 is 0 Å². The topological polar surface area (TPSA) is 77.4 Å².